The average Bonchev–Trinajstić information content (AvgIpc) is 2.56. The highest BCUT2D eigenvalue weighted by Crippen LogP contribution is 2.30. The van der Waals surface area contributed by atoms with Crippen molar-refractivity contribution in [2.45, 2.75) is 12.1 Å². The molecule has 5 heteroatoms. The van der Waals surface area contributed by atoms with Crippen molar-refractivity contribution in [2.24, 2.45) is 0 Å². The molecule has 0 radical (unpaired) electrons. The fraction of sp³-hybridized carbons (Fsp3) is 0.333. The van der Waals surface area contributed by atoms with Gasteiger partial charge in [-0.1, -0.05) is 36.4 Å². The molecule has 0 aliphatic heterocycles. The summed E-state index contributed by atoms with van der Waals surface area (Å²) in [4.78, 5) is 2.08. The summed E-state index contributed by atoms with van der Waals surface area (Å²) in [6.45, 7) is 0.522. The van der Waals surface area contributed by atoms with Crippen LogP contribution in [-0.2, 0) is 0 Å². The largest absolute Gasteiger partial charge is 0.497 e. The number of hydrogen-bond donors (Lipinski definition) is 2. The molecule has 0 saturated carbocycles. The Hall–Kier alpha value is -1.75. The van der Waals surface area contributed by atoms with E-state index in [1.165, 1.54) is 0 Å². The molecule has 0 spiro atoms. The van der Waals surface area contributed by atoms with Gasteiger partial charge in [-0.25, -0.2) is 0 Å². The Labute approximate surface area is 144 Å². The van der Waals surface area contributed by atoms with Crippen LogP contribution in [0.2, 0.25) is 0 Å². The van der Waals surface area contributed by atoms with Crippen molar-refractivity contribution in [3.05, 3.63) is 60.2 Å². The van der Waals surface area contributed by atoms with Crippen LogP contribution in [0.25, 0.3) is 0 Å². The van der Waals surface area contributed by atoms with Gasteiger partial charge in [0.25, 0.3) is 0 Å². The molecule has 0 aliphatic carbocycles. The van der Waals surface area contributed by atoms with Crippen LogP contribution in [-0.4, -0.2) is 39.0 Å². The quantitative estimate of drug-likeness (QED) is 0.816. The maximum absolute atomic E-state index is 10.6. The Balaban J connectivity index is 0.00000264. The molecule has 23 heavy (non-hydrogen) atoms. The Morgan fingerprint density at radius 3 is 2.43 bits per heavy atom. The van der Waals surface area contributed by atoms with Crippen LogP contribution < -0.4 is 15.0 Å². The number of anilines is 1. The predicted octanol–water partition coefficient (Wildman–Crippen LogP) is 2.87. The van der Waals surface area contributed by atoms with Gasteiger partial charge in [-0.15, -0.1) is 12.4 Å². The van der Waals surface area contributed by atoms with E-state index in [4.69, 9.17) is 4.74 Å². The monoisotopic (exact) mass is 336 g/mol. The van der Waals surface area contributed by atoms with E-state index in [9.17, 15) is 5.11 Å². The first-order valence-electron chi connectivity index (χ1n) is 7.42. The van der Waals surface area contributed by atoms with E-state index in [-0.39, 0.29) is 18.4 Å². The van der Waals surface area contributed by atoms with Crippen molar-refractivity contribution in [2.75, 3.05) is 32.6 Å². The second-order valence-electron chi connectivity index (χ2n) is 5.29. The summed E-state index contributed by atoms with van der Waals surface area (Å²) in [5.41, 5.74) is 2.08. The molecule has 126 valence electrons. The number of ether oxygens (including phenoxy) is 1. The summed E-state index contributed by atoms with van der Waals surface area (Å²) in [6.07, 6.45) is -0.524. The number of aliphatic hydroxyl groups is 1. The highest BCUT2D eigenvalue weighted by molar-refractivity contribution is 5.85. The first kappa shape index (κ1) is 19.3. The van der Waals surface area contributed by atoms with Crippen LogP contribution in [0.4, 0.5) is 5.69 Å². The third-order valence-electron chi connectivity index (χ3n) is 3.80. The summed E-state index contributed by atoms with van der Waals surface area (Å²) in [7, 11) is 5.49. The minimum absolute atomic E-state index is 0. The standard InChI is InChI=1S/C18H24N2O2.ClH/c1-19-13-17(21)18(14-8-5-4-6-9-14)20(2)15-10-7-11-16(12-15)22-3;/h4-12,17-19,21H,13H2,1-3H3;1H. The molecule has 0 aliphatic rings. The molecule has 2 atom stereocenters. The molecule has 0 heterocycles. The van der Waals surface area contributed by atoms with Crippen molar-refractivity contribution >= 4 is 18.1 Å². The van der Waals surface area contributed by atoms with Gasteiger partial charge in [0.1, 0.15) is 5.75 Å². The first-order valence-corrected chi connectivity index (χ1v) is 7.42. The summed E-state index contributed by atoms with van der Waals surface area (Å²) < 4.78 is 5.30. The highest BCUT2D eigenvalue weighted by Gasteiger charge is 2.25. The van der Waals surface area contributed by atoms with Gasteiger partial charge in [-0.05, 0) is 24.7 Å². The Kier molecular flexibility index (Phi) is 7.89. The summed E-state index contributed by atoms with van der Waals surface area (Å²) >= 11 is 0. The maximum Gasteiger partial charge on any atom is 0.120 e. The minimum Gasteiger partial charge on any atom is -0.497 e. The number of aliphatic hydroxyl groups excluding tert-OH is 1. The van der Waals surface area contributed by atoms with Gasteiger partial charge in [0.15, 0.2) is 0 Å². The lowest BCUT2D eigenvalue weighted by atomic mass is 9.99. The van der Waals surface area contributed by atoms with Crippen LogP contribution in [0.3, 0.4) is 0 Å². The van der Waals surface area contributed by atoms with Gasteiger partial charge in [0.05, 0.1) is 19.3 Å². The number of halogens is 1. The molecule has 0 amide bonds. The number of rotatable bonds is 7. The van der Waals surface area contributed by atoms with Crippen LogP contribution in [0.15, 0.2) is 54.6 Å². The number of methoxy groups -OCH3 is 1. The van der Waals surface area contributed by atoms with Crippen LogP contribution in [0, 0.1) is 0 Å². The molecule has 2 aromatic carbocycles. The number of benzene rings is 2. The topological polar surface area (TPSA) is 44.7 Å². The molecule has 0 bridgehead atoms. The smallest absolute Gasteiger partial charge is 0.120 e. The van der Waals surface area contributed by atoms with E-state index < -0.39 is 6.10 Å². The van der Waals surface area contributed by atoms with Crippen LogP contribution >= 0.6 is 12.4 Å². The van der Waals surface area contributed by atoms with E-state index >= 15 is 0 Å². The lowest BCUT2D eigenvalue weighted by Gasteiger charge is -2.34. The van der Waals surface area contributed by atoms with E-state index in [1.807, 2.05) is 68.7 Å². The zero-order chi connectivity index (χ0) is 15.9. The molecule has 4 nitrogen and oxygen atoms in total. The van der Waals surface area contributed by atoms with Crippen molar-refractivity contribution in [1.29, 1.82) is 0 Å². The SMILES string of the molecule is CNCC(O)C(c1ccccc1)N(C)c1cccc(OC)c1.Cl. The summed E-state index contributed by atoms with van der Waals surface area (Å²) in [6, 6.07) is 17.8. The van der Waals surface area contributed by atoms with Gasteiger partial charge in [-0.2, -0.15) is 0 Å². The van der Waals surface area contributed by atoms with Gasteiger partial charge < -0.3 is 20.1 Å². The molecule has 0 saturated heterocycles. The molecule has 0 fully saturated rings. The lowest BCUT2D eigenvalue weighted by molar-refractivity contribution is 0.142. The average molecular weight is 337 g/mol. The van der Waals surface area contributed by atoms with E-state index in [0.29, 0.717) is 6.54 Å². The van der Waals surface area contributed by atoms with Crippen LogP contribution in [0.5, 0.6) is 5.75 Å². The number of hydrogen-bond acceptors (Lipinski definition) is 4. The fourth-order valence-electron chi connectivity index (χ4n) is 2.67. The second-order valence-corrected chi connectivity index (χ2v) is 5.29. The summed E-state index contributed by atoms with van der Waals surface area (Å²) in [5, 5.41) is 13.6. The molecule has 2 aromatic rings. The van der Waals surface area contributed by atoms with Crippen LogP contribution in [0.1, 0.15) is 11.6 Å². The van der Waals surface area contributed by atoms with Gasteiger partial charge >= 0.3 is 0 Å². The zero-order valence-corrected chi connectivity index (χ0v) is 14.6. The number of nitrogens with zero attached hydrogens (tertiary/aromatic N) is 1. The van der Waals surface area contributed by atoms with Crippen molar-refractivity contribution in [3.63, 3.8) is 0 Å². The number of nitrogens with one attached hydrogen (secondary N) is 1. The lowest BCUT2D eigenvalue weighted by Crippen LogP contribution is -2.39. The zero-order valence-electron chi connectivity index (χ0n) is 13.8. The molecule has 2 N–H and O–H groups in total. The maximum atomic E-state index is 10.6. The van der Waals surface area contributed by atoms with Gasteiger partial charge in [0, 0.05) is 25.3 Å². The Bertz CT molecular complexity index is 580. The predicted molar refractivity (Wildman–Crippen MR) is 97.8 cm³/mol. The van der Waals surface area contributed by atoms with Crippen molar-refractivity contribution in [3.8, 4) is 5.75 Å². The number of likely N-dealkylation sites (N-methyl/N-ethyl adjacent to an activating group) is 2. The van der Waals surface area contributed by atoms with E-state index in [1.54, 1.807) is 7.11 Å². The Morgan fingerprint density at radius 2 is 1.83 bits per heavy atom. The first-order chi connectivity index (χ1) is 10.7. The van der Waals surface area contributed by atoms with Gasteiger partial charge in [0.2, 0.25) is 0 Å². The Morgan fingerprint density at radius 1 is 1.13 bits per heavy atom. The van der Waals surface area contributed by atoms with E-state index in [0.717, 1.165) is 17.0 Å². The third kappa shape index (κ3) is 4.86. The molecule has 2 unspecified atom stereocenters. The third-order valence-corrected chi connectivity index (χ3v) is 3.80. The molecular weight excluding hydrogens is 312 g/mol. The van der Waals surface area contributed by atoms with Crippen molar-refractivity contribution in [1.82, 2.24) is 5.32 Å². The normalized spacial score (nSPS) is 12.9. The van der Waals surface area contributed by atoms with Crippen molar-refractivity contribution < 1.29 is 9.84 Å². The fourth-order valence-corrected chi connectivity index (χ4v) is 2.67. The molecular formula is C18H25ClN2O2. The summed E-state index contributed by atoms with van der Waals surface area (Å²) in [5.74, 6) is 0.805. The second kappa shape index (κ2) is 9.40. The minimum atomic E-state index is -0.524. The molecule has 0 aromatic heterocycles. The highest BCUT2D eigenvalue weighted by atomic mass is 35.5. The van der Waals surface area contributed by atoms with Gasteiger partial charge in [-0.3, -0.25) is 0 Å². The molecule has 2 rings (SSSR count). The van der Waals surface area contributed by atoms with E-state index in [2.05, 4.69) is 10.2 Å².